The van der Waals surface area contributed by atoms with Crippen LogP contribution in [0.4, 0.5) is 13.2 Å². The van der Waals surface area contributed by atoms with E-state index in [0.717, 1.165) is 6.07 Å². The molecule has 0 saturated carbocycles. The minimum absolute atomic E-state index is 0.0765. The number of carbonyl (C=O) groups excluding carboxylic acids is 1. The Morgan fingerprint density at radius 2 is 1.81 bits per heavy atom. The predicted octanol–water partition coefficient (Wildman–Crippen LogP) is 3.47. The van der Waals surface area contributed by atoms with Crippen molar-refractivity contribution in [3.05, 3.63) is 42.1 Å². The highest BCUT2D eigenvalue weighted by Crippen LogP contribution is 2.37. The lowest BCUT2D eigenvalue weighted by Gasteiger charge is -2.14. The molecular formula is C14H10F3NO3. The van der Waals surface area contributed by atoms with Gasteiger partial charge in [-0.2, -0.15) is 0 Å². The number of hydrogen-bond acceptors (Lipinski definition) is 4. The second-order valence-corrected chi connectivity index (χ2v) is 3.95. The van der Waals surface area contributed by atoms with Gasteiger partial charge in [0, 0.05) is 5.56 Å². The SMILES string of the molecule is COc1ccc(C=O)nc1-c1ccccc1OC(F)(F)F. The number of carbonyl (C=O) groups is 1. The summed E-state index contributed by atoms with van der Waals surface area (Å²) >= 11 is 0. The second kappa shape index (κ2) is 5.82. The van der Waals surface area contributed by atoms with Crippen LogP contribution in [0.25, 0.3) is 11.3 Å². The molecule has 0 unspecified atom stereocenters. The Balaban J connectivity index is 2.58. The molecule has 0 amide bonds. The van der Waals surface area contributed by atoms with Gasteiger partial charge in [-0.25, -0.2) is 4.98 Å². The van der Waals surface area contributed by atoms with Gasteiger partial charge in [-0.3, -0.25) is 4.79 Å². The molecule has 21 heavy (non-hydrogen) atoms. The predicted molar refractivity (Wildman–Crippen MR) is 68.3 cm³/mol. The number of pyridine rings is 1. The monoisotopic (exact) mass is 297 g/mol. The van der Waals surface area contributed by atoms with Gasteiger partial charge in [0.15, 0.2) is 6.29 Å². The van der Waals surface area contributed by atoms with E-state index in [4.69, 9.17) is 4.74 Å². The van der Waals surface area contributed by atoms with Crippen molar-refractivity contribution in [3.8, 4) is 22.8 Å². The lowest BCUT2D eigenvalue weighted by molar-refractivity contribution is -0.274. The molecule has 0 radical (unpaired) electrons. The first-order valence-electron chi connectivity index (χ1n) is 5.80. The molecule has 110 valence electrons. The fourth-order valence-electron chi connectivity index (χ4n) is 1.76. The summed E-state index contributed by atoms with van der Waals surface area (Å²) < 4.78 is 46.4. The summed E-state index contributed by atoms with van der Waals surface area (Å²) in [5.74, 6) is -0.183. The maximum atomic E-state index is 12.4. The van der Waals surface area contributed by atoms with Crippen LogP contribution >= 0.6 is 0 Å². The fourth-order valence-corrected chi connectivity index (χ4v) is 1.76. The van der Waals surface area contributed by atoms with Crippen LogP contribution in [0.1, 0.15) is 10.5 Å². The Hall–Kier alpha value is -2.57. The number of benzene rings is 1. The van der Waals surface area contributed by atoms with Gasteiger partial charge in [-0.15, -0.1) is 13.2 Å². The first kappa shape index (κ1) is 14.8. The number of aldehydes is 1. The third-order valence-electron chi connectivity index (χ3n) is 2.59. The van der Waals surface area contributed by atoms with Gasteiger partial charge in [-0.05, 0) is 24.3 Å². The molecule has 0 bridgehead atoms. The molecule has 0 aliphatic rings. The van der Waals surface area contributed by atoms with Crippen LogP contribution < -0.4 is 9.47 Å². The molecule has 1 aromatic heterocycles. The van der Waals surface area contributed by atoms with Gasteiger partial charge < -0.3 is 9.47 Å². The number of alkyl halides is 3. The van der Waals surface area contributed by atoms with Gasteiger partial charge in [-0.1, -0.05) is 12.1 Å². The summed E-state index contributed by atoms with van der Waals surface area (Å²) in [4.78, 5) is 14.8. The van der Waals surface area contributed by atoms with Crippen molar-refractivity contribution in [2.45, 2.75) is 6.36 Å². The molecule has 0 aliphatic heterocycles. The van der Waals surface area contributed by atoms with Gasteiger partial charge >= 0.3 is 6.36 Å². The second-order valence-electron chi connectivity index (χ2n) is 3.95. The first-order chi connectivity index (χ1) is 9.94. The average Bonchev–Trinajstić information content (AvgIpc) is 2.45. The highest BCUT2D eigenvalue weighted by Gasteiger charge is 2.32. The van der Waals surface area contributed by atoms with Crippen LogP contribution in [0, 0.1) is 0 Å². The van der Waals surface area contributed by atoms with Gasteiger partial charge in [0.05, 0.1) is 7.11 Å². The molecular weight excluding hydrogens is 287 g/mol. The molecule has 7 heteroatoms. The van der Waals surface area contributed by atoms with Crippen molar-refractivity contribution < 1.29 is 27.4 Å². The van der Waals surface area contributed by atoms with E-state index in [1.807, 2.05) is 0 Å². The first-order valence-corrected chi connectivity index (χ1v) is 5.80. The summed E-state index contributed by atoms with van der Waals surface area (Å²) in [6.45, 7) is 0. The van der Waals surface area contributed by atoms with Crippen molar-refractivity contribution in [3.63, 3.8) is 0 Å². The molecule has 0 atom stereocenters. The van der Waals surface area contributed by atoms with Gasteiger partial charge in [0.1, 0.15) is 22.9 Å². The van der Waals surface area contributed by atoms with Crippen LogP contribution in [-0.4, -0.2) is 24.7 Å². The van der Waals surface area contributed by atoms with Gasteiger partial charge in [0.25, 0.3) is 0 Å². The standard InChI is InChI=1S/C14H10F3NO3/c1-20-12-7-6-9(8-19)18-13(12)10-4-2-3-5-11(10)21-14(15,16)17/h2-8H,1H3. The van der Waals surface area contributed by atoms with Crippen molar-refractivity contribution >= 4 is 6.29 Å². The van der Waals surface area contributed by atoms with Crippen LogP contribution in [-0.2, 0) is 0 Å². The van der Waals surface area contributed by atoms with Crippen LogP contribution in [0.5, 0.6) is 11.5 Å². The summed E-state index contributed by atoms with van der Waals surface area (Å²) in [7, 11) is 1.36. The molecule has 1 heterocycles. The van der Waals surface area contributed by atoms with Crippen molar-refractivity contribution in [2.75, 3.05) is 7.11 Å². The Kier molecular flexibility index (Phi) is 4.11. The largest absolute Gasteiger partial charge is 0.573 e. The normalized spacial score (nSPS) is 11.0. The molecule has 4 nitrogen and oxygen atoms in total. The van der Waals surface area contributed by atoms with Crippen molar-refractivity contribution in [1.29, 1.82) is 0 Å². The number of halogens is 3. The Bertz CT molecular complexity index is 656. The highest BCUT2D eigenvalue weighted by molar-refractivity contribution is 5.78. The number of rotatable bonds is 4. The van der Waals surface area contributed by atoms with E-state index in [0.29, 0.717) is 6.29 Å². The maximum absolute atomic E-state index is 12.4. The Morgan fingerprint density at radius 3 is 2.43 bits per heavy atom. The fraction of sp³-hybridized carbons (Fsp3) is 0.143. The topological polar surface area (TPSA) is 48.4 Å². The maximum Gasteiger partial charge on any atom is 0.573 e. The van der Waals surface area contributed by atoms with Gasteiger partial charge in [0.2, 0.25) is 0 Å². The lowest BCUT2D eigenvalue weighted by atomic mass is 10.1. The average molecular weight is 297 g/mol. The summed E-state index contributed by atoms with van der Waals surface area (Å²) in [5, 5.41) is 0. The van der Waals surface area contributed by atoms with E-state index in [-0.39, 0.29) is 22.7 Å². The van der Waals surface area contributed by atoms with Crippen LogP contribution in [0.2, 0.25) is 0 Å². The number of hydrogen-bond donors (Lipinski definition) is 0. The third-order valence-corrected chi connectivity index (χ3v) is 2.59. The molecule has 0 saturated heterocycles. The quantitative estimate of drug-likeness (QED) is 0.811. The zero-order valence-electron chi connectivity index (χ0n) is 10.8. The molecule has 0 N–H and O–H groups in total. The van der Waals surface area contributed by atoms with E-state index in [2.05, 4.69) is 9.72 Å². The summed E-state index contributed by atoms with van der Waals surface area (Å²) in [5.41, 5.74) is 0.255. The smallest absolute Gasteiger partial charge is 0.494 e. The van der Waals surface area contributed by atoms with Crippen LogP contribution in [0.15, 0.2) is 36.4 Å². The van der Waals surface area contributed by atoms with E-state index < -0.39 is 12.1 Å². The molecule has 2 aromatic rings. The van der Waals surface area contributed by atoms with E-state index in [9.17, 15) is 18.0 Å². The number of nitrogens with zero attached hydrogens (tertiary/aromatic N) is 1. The van der Waals surface area contributed by atoms with E-state index in [1.165, 1.54) is 37.4 Å². The minimum atomic E-state index is -4.83. The zero-order chi connectivity index (χ0) is 15.5. The number of para-hydroxylation sites is 1. The molecule has 0 spiro atoms. The highest BCUT2D eigenvalue weighted by atomic mass is 19.4. The lowest BCUT2D eigenvalue weighted by Crippen LogP contribution is -2.17. The zero-order valence-corrected chi connectivity index (χ0v) is 10.8. The molecule has 1 aromatic carbocycles. The molecule has 2 rings (SSSR count). The third kappa shape index (κ3) is 3.50. The number of methoxy groups -OCH3 is 1. The Morgan fingerprint density at radius 1 is 1.10 bits per heavy atom. The molecule has 0 fully saturated rings. The summed E-state index contributed by atoms with van der Waals surface area (Å²) in [6.07, 6.45) is -4.33. The van der Waals surface area contributed by atoms with Crippen molar-refractivity contribution in [1.82, 2.24) is 4.98 Å². The van der Waals surface area contributed by atoms with Crippen LogP contribution in [0.3, 0.4) is 0 Å². The summed E-state index contributed by atoms with van der Waals surface area (Å²) in [6, 6.07) is 8.37. The Labute approximate surface area is 118 Å². The van der Waals surface area contributed by atoms with Crippen molar-refractivity contribution in [2.24, 2.45) is 0 Å². The van der Waals surface area contributed by atoms with E-state index >= 15 is 0 Å². The molecule has 0 aliphatic carbocycles. The number of ether oxygens (including phenoxy) is 2. The minimum Gasteiger partial charge on any atom is -0.494 e. The van der Waals surface area contributed by atoms with E-state index in [1.54, 1.807) is 0 Å². The number of aromatic nitrogens is 1.